The minimum Gasteiger partial charge on any atom is -0.354 e. The molecule has 0 aliphatic carbocycles. The van der Waals surface area contributed by atoms with Crippen molar-refractivity contribution in [2.45, 2.75) is 25.8 Å². The van der Waals surface area contributed by atoms with Gasteiger partial charge in [0.1, 0.15) is 4.60 Å². The lowest BCUT2D eigenvalue weighted by Gasteiger charge is -2.21. The standard InChI is InChI=1S/C11H17BrN2O2/c1-8(11(15-2)16-3)13-7-9-5-4-6-10(12)14-9/h4-6,8,11,13H,7H2,1-3H3. The third-order valence-electron chi connectivity index (χ3n) is 2.25. The summed E-state index contributed by atoms with van der Waals surface area (Å²) >= 11 is 3.34. The molecule has 0 spiro atoms. The molecule has 90 valence electrons. The molecule has 0 aliphatic heterocycles. The average molecular weight is 289 g/mol. The van der Waals surface area contributed by atoms with Gasteiger partial charge in [0.2, 0.25) is 0 Å². The number of hydrogen-bond acceptors (Lipinski definition) is 4. The topological polar surface area (TPSA) is 43.4 Å². The Morgan fingerprint density at radius 2 is 2.06 bits per heavy atom. The fraction of sp³-hybridized carbons (Fsp3) is 0.545. The summed E-state index contributed by atoms with van der Waals surface area (Å²) in [4.78, 5) is 4.33. The third-order valence-corrected chi connectivity index (χ3v) is 2.69. The van der Waals surface area contributed by atoms with Crippen molar-refractivity contribution in [1.82, 2.24) is 10.3 Å². The van der Waals surface area contributed by atoms with Crippen LogP contribution in [0, 0.1) is 0 Å². The van der Waals surface area contributed by atoms with E-state index in [1.54, 1.807) is 14.2 Å². The van der Waals surface area contributed by atoms with Gasteiger partial charge in [0, 0.05) is 20.8 Å². The summed E-state index contributed by atoms with van der Waals surface area (Å²) in [7, 11) is 3.26. The van der Waals surface area contributed by atoms with Crippen LogP contribution in [0.15, 0.2) is 22.8 Å². The molecule has 0 radical (unpaired) electrons. The Morgan fingerprint density at radius 1 is 1.38 bits per heavy atom. The maximum absolute atomic E-state index is 5.16. The van der Waals surface area contributed by atoms with E-state index in [0.29, 0.717) is 6.54 Å². The van der Waals surface area contributed by atoms with E-state index in [1.807, 2.05) is 25.1 Å². The molecule has 4 nitrogen and oxygen atoms in total. The maximum Gasteiger partial charge on any atom is 0.171 e. The zero-order chi connectivity index (χ0) is 12.0. The number of rotatable bonds is 6. The van der Waals surface area contributed by atoms with Crippen molar-refractivity contribution in [3.05, 3.63) is 28.5 Å². The lowest BCUT2D eigenvalue weighted by molar-refractivity contribution is -0.119. The van der Waals surface area contributed by atoms with E-state index >= 15 is 0 Å². The summed E-state index contributed by atoms with van der Waals surface area (Å²) in [6.45, 7) is 2.69. The van der Waals surface area contributed by atoms with Crippen molar-refractivity contribution in [3.63, 3.8) is 0 Å². The van der Waals surface area contributed by atoms with Crippen LogP contribution in [0.25, 0.3) is 0 Å². The molecule has 0 saturated heterocycles. The summed E-state index contributed by atoms with van der Waals surface area (Å²) < 4.78 is 11.2. The normalized spacial score (nSPS) is 13.1. The largest absolute Gasteiger partial charge is 0.354 e. The predicted molar refractivity (Wildman–Crippen MR) is 66.0 cm³/mol. The van der Waals surface area contributed by atoms with Crippen molar-refractivity contribution in [2.24, 2.45) is 0 Å². The molecule has 1 atom stereocenters. The van der Waals surface area contributed by atoms with Gasteiger partial charge in [-0.2, -0.15) is 0 Å². The number of halogens is 1. The molecule has 1 heterocycles. The summed E-state index contributed by atoms with van der Waals surface area (Å²) in [5.41, 5.74) is 0.979. The summed E-state index contributed by atoms with van der Waals surface area (Å²) in [5, 5.41) is 3.29. The zero-order valence-electron chi connectivity index (χ0n) is 9.74. The second kappa shape index (κ2) is 6.96. The predicted octanol–water partition coefficient (Wildman–Crippen LogP) is 1.94. The van der Waals surface area contributed by atoms with Gasteiger partial charge < -0.3 is 14.8 Å². The van der Waals surface area contributed by atoms with E-state index in [1.165, 1.54) is 0 Å². The van der Waals surface area contributed by atoms with Gasteiger partial charge >= 0.3 is 0 Å². The lowest BCUT2D eigenvalue weighted by Crippen LogP contribution is -2.39. The van der Waals surface area contributed by atoms with Gasteiger partial charge in [-0.3, -0.25) is 0 Å². The zero-order valence-corrected chi connectivity index (χ0v) is 11.3. The average Bonchev–Trinajstić information content (AvgIpc) is 2.28. The molecular weight excluding hydrogens is 272 g/mol. The van der Waals surface area contributed by atoms with Crippen LogP contribution in [-0.2, 0) is 16.0 Å². The van der Waals surface area contributed by atoms with Crippen LogP contribution in [0.3, 0.4) is 0 Å². The first-order chi connectivity index (χ1) is 7.67. The smallest absolute Gasteiger partial charge is 0.171 e. The molecule has 1 aromatic heterocycles. The molecular formula is C11H17BrN2O2. The van der Waals surface area contributed by atoms with Crippen molar-refractivity contribution >= 4 is 15.9 Å². The summed E-state index contributed by atoms with van der Waals surface area (Å²) in [6.07, 6.45) is -0.243. The number of aromatic nitrogens is 1. The Hall–Kier alpha value is -0.490. The highest BCUT2D eigenvalue weighted by atomic mass is 79.9. The quantitative estimate of drug-likeness (QED) is 0.642. The Morgan fingerprint density at radius 3 is 2.62 bits per heavy atom. The SMILES string of the molecule is COC(OC)C(C)NCc1cccc(Br)n1. The monoisotopic (exact) mass is 288 g/mol. The van der Waals surface area contributed by atoms with Crippen LogP contribution < -0.4 is 5.32 Å². The van der Waals surface area contributed by atoms with Crippen LogP contribution in [0.2, 0.25) is 0 Å². The first-order valence-electron chi connectivity index (χ1n) is 5.07. The van der Waals surface area contributed by atoms with Crippen LogP contribution >= 0.6 is 15.9 Å². The van der Waals surface area contributed by atoms with Crippen LogP contribution in [0.1, 0.15) is 12.6 Å². The first kappa shape index (κ1) is 13.6. The summed E-state index contributed by atoms with van der Waals surface area (Å²) in [6, 6.07) is 5.94. The number of nitrogens with zero attached hydrogens (tertiary/aromatic N) is 1. The van der Waals surface area contributed by atoms with Gasteiger partial charge in [-0.05, 0) is 35.0 Å². The lowest BCUT2D eigenvalue weighted by atomic mass is 10.3. The number of ether oxygens (including phenoxy) is 2. The van der Waals surface area contributed by atoms with E-state index < -0.39 is 0 Å². The van der Waals surface area contributed by atoms with Gasteiger partial charge in [0.25, 0.3) is 0 Å². The Kier molecular flexibility index (Phi) is 5.90. The fourth-order valence-electron chi connectivity index (χ4n) is 1.42. The Balaban J connectivity index is 2.45. The number of methoxy groups -OCH3 is 2. The molecule has 0 saturated carbocycles. The van der Waals surface area contributed by atoms with Crippen molar-refractivity contribution in [1.29, 1.82) is 0 Å². The van der Waals surface area contributed by atoms with Crippen molar-refractivity contribution in [2.75, 3.05) is 14.2 Å². The summed E-state index contributed by atoms with van der Waals surface area (Å²) in [5.74, 6) is 0. The number of pyridine rings is 1. The molecule has 1 rings (SSSR count). The van der Waals surface area contributed by atoms with Gasteiger partial charge in [-0.25, -0.2) is 4.98 Å². The van der Waals surface area contributed by atoms with E-state index in [-0.39, 0.29) is 12.3 Å². The number of hydrogen-bond donors (Lipinski definition) is 1. The molecule has 0 aliphatic rings. The van der Waals surface area contributed by atoms with Crippen LogP contribution in [0.4, 0.5) is 0 Å². The van der Waals surface area contributed by atoms with Crippen LogP contribution in [-0.4, -0.2) is 31.5 Å². The van der Waals surface area contributed by atoms with Gasteiger partial charge in [-0.1, -0.05) is 6.07 Å². The van der Waals surface area contributed by atoms with E-state index in [0.717, 1.165) is 10.3 Å². The molecule has 1 unspecified atom stereocenters. The minimum absolute atomic E-state index is 0.107. The molecule has 5 heteroatoms. The van der Waals surface area contributed by atoms with Gasteiger partial charge in [-0.15, -0.1) is 0 Å². The molecule has 0 aromatic carbocycles. The van der Waals surface area contributed by atoms with Gasteiger partial charge in [0.05, 0.1) is 11.7 Å². The van der Waals surface area contributed by atoms with E-state index in [2.05, 4.69) is 26.2 Å². The first-order valence-corrected chi connectivity index (χ1v) is 5.87. The third kappa shape index (κ3) is 4.17. The number of nitrogens with one attached hydrogen (secondary N) is 1. The Labute approximate surface area is 104 Å². The fourth-order valence-corrected chi connectivity index (χ4v) is 1.80. The molecule has 0 amide bonds. The van der Waals surface area contributed by atoms with E-state index in [4.69, 9.17) is 9.47 Å². The van der Waals surface area contributed by atoms with Crippen molar-refractivity contribution in [3.8, 4) is 0 Å². The Bertz CT molecular complexity index is 319. The molecule has 1 aromatic rings. The van der Waals surface area contributed by atoms with Crippen molar-refractivity contribution < 1.29 is 9.47 Å². The molecule has 0 fully saturated rings. The maximum atomic E-state index is 5.16. The molecule has 1 N–H and O–H groups in total. The van der Waals surface area contributed by atoms with E-state index in [9.17, 15) is 0 Å². The second-order valence-electron chi connectivity index (χ2n) is 3.46. The minimum atomic E-state index is -0.243. The van der Waals surface area contributed by atoms with Crippen LogP contribution in [0.5, 0.6) is 0 Å². The molecule has 0 bridgehead atoms. The highest BCUT2D eigenvalue weighted by Gasteiger charge is 2.14. The second-order valence-corrected chi connectivity index (χ2v) is 4.27. The highest BCUT2D eigenvalue weighted by molar-refractivity contribution is 9.10. The molecule has 16 heavy (non-hydrogen) atoms. The van der Waals surface area contributed by atoms with Gasteiger partial charge in [0.15, 0.2) is 6.29 Å². The highest BCUT2D eigenvalue weighted by Crippen LogP contribution is 2.07.